The molecule has 2 rings (SSSR count). The van der Waals surface area contributed by atoms with Crippen LogP contribution in [0.1, 0.15) is 26.2 Å². The minimum absolute atomic E-state index is 0.0464. The highest BCUT2D eigenvalue weighted by atomic mass is 35.5. The highest BCUT2D eigenvalue weighted by molar-refractivity contribution is 6.32. The molecule has 1 aromatic carbocycles. The SMILES string of the molecule is CC[C@@H](Oc1ccccc1Cl)C(=O)NC1CC1. The Balaban J connectivity index is 1.98. The van der Waals surface area contributed by atoms with Gasteiger partial charge in [0.2, 0.25) is 0 Å². The normalized spacial score (nSPS) is 16.4. The molecule has 92 valence electrons. The predicted molar refractivity (Wildman–Crippen MR) is 67.3 cm³/mol. The number of hydrogen-bond acceptors (Lipinski definition) is 2. The van der Waals surface area contributed by atoms with Crippen molar-refractivity contribution in [3.8, 4) is 5.75 Å². The summed E-state index contributed by atoms with van der Waals surface area (Å²) in [5.41, 5.74) is 0. The fourth-order valence-corrected chi connectivity index (χ4v) is 1.72. The first-order valence-corrected chi connectivity index (χ1v) is 6.30. The summed E-state index contributed by atoms with van der Waals surface area (Å²) in [6, 6.07) is 7.55. The van der Waals surface area contributed by atoms with E-state index in [1.807, 2.05) is 19.1 Å². The summed E-state index contributed by atoms with van der Waals surface area (Å²) in [5.74, 6) is 0.516. The van der Waals surface area contributed by atoms with E-state index in [-0.39, 0.29) is 5.91 Å². The third-order valence-corrected chi connectivity index (χ3v) is 3.01. The first kappa shape index (κ1) is 12.2. The number of carbonyl (C=O) groups excluding carboxylic acids is 1. The summed E-state index contributed by atoms with van der Waals surface area (Å²) in [5, 5.41) is 3.47. The molecule has 1 saturated carbocycles. The topological polar surface area (TPSA) is 38.3 Å². The van der Waals surface area contributed by atoms with E-state index in [9.17, 15) is 4.79 Å². The molecule has 0 aromatic heterocycles. The van der Waals surface area contributed by atoms with Gasteiger partial charge in [-0.05, 0) is 31.4 Å². The lowest BCUT2D eigenvalue weighted by atomic mass is 10.2. The van der Waals surface area contributed by atoms with Gasteiger partial charge in [0.05, 0.1) is 5.02 Å². The summed E-state index contributed by atoms with van der Waals surface area (Å²) in [7, 11) is 0. The first-order chi connectivity index (χ1) is 8.20. The quantitative estimate of drug-likeness (QED) is 0.876. The summed E-state index contributed by atoms with van der Waals surface area (Å²) in [6.45, 7) is 1.92. The van der Waals surface area contributed by atoms with Crippen LogP contribution in [0.2, 0.25) is 5.02 Å². The molecule has 0 radical (unpaired) electrons. The first-order valence-electron chi connectivity index (χ1n) is 5.92. The molecule has 0 spiro atoms. The number of amides is 1. The van der Waals surface area contributed by atoms with E-state index >= 15 is 0 Å². The minimum atomic E-state index is -0.463. The summed E-state index contributed by atoms with van der Waals surface area (Å²) >= 11 is 5.99. The van der Waals surface area contributed by atoms with Crippen molar-refractivity contribution < 1.29 is 9.53 Å². The van der Waals surface area contributed by atoms with Gasteiger partial charge in [0.25, 0.3) is 5.91 Å². The number of halogens is 1. The molecule has 3 nitrogen and oxygen atoms in total. The molecule has 0 heterocycles. The van der Waals surface area contributed by atoms with Crippen LogP contribution < -0.4 is 10.1 Å². The van der Waals surface area contributed by atoms with E-state index in [1.54, 1.807) is 12.1 Å². The van der Waals surface area contributed by atoms with Crippen LogP contribution in [-0.2, 0) is 4.79 Å². The van der Waals surface area contributed by atoms with Crippen LogP contribution in [0.15, 0.2) is 24.3 Å². The third kappa shape index (κ3) is 3.37. The Morgan fingerprint density at radius 3 is 2.82 bits per heavy atom. The number of para-hydroxylation sites is 1. The monoisotopic (exact) mass is 253 g/mol. The lowest BCUT2D eigenvalue weighted by Gasteiger charge is -2.17. The standard InChI is InChI=1S/C13H16ClNO2/c1-2-11(13(16)15-9-7-8-9)17-12-6-4-3-5-10(12)14/h3-6,9,11H,2,7-8H2,1H3,(H,15,16)/t11-/m1/s1. The van der Waals surface area contributed by atoms with Crippen molar-refractivity contribution in [1.29, 1.82) is 0 Å². The maximum Gasteiger partial charge on any atom is 0.261 e. The van der Waals surface area contributed by atoms with Crippen LogP contribution in [-0.4, -0.2) is 18.1 Å². The van der Waals surface area contributed by atoms with E-state index in [2.05, 4.69) is 5.32 Å². The number of hydrogen-bond donors (Lipinski definition) is 1. The van der Waals surface area contributed by atoms with Gasteiger partial charge in [-0.2, -0.15) is 0 Å². The van der Waals surface area contributed by atoms with Crippen LogP contribution in [0.25, 0.3) is 0 Å². The summed E-state index contributed by atoms with van der Waals surface area (Å²) < 4.78 is 5.64. The van der Waals surface area contributed by atoms with Crippen LogP contribution in [0, 0.1) is 0 Å². The van der Waals surface area contributed by atoms with Crippen molar-refractivity contribution >= 4 is 17.5 Å². The average Bonchev–Trinajstić information content (AvgIpc) is 3.11. The van der Waals surface area contributed by atoms with Gasteiger partial charge in [-0.25, -0.2) is 0 Å². The molecule has 4 heteroatoms. The van der Waals surface area contributed by atoms with Gasteiger partial charge in [0.1, 0.15) is 5.75 Å². The molecule has 1 fully saturated rings. The molecule has 1 amide bonds. The number of benzene rings is 1. The smallest absolute Gasteiger partial charge is 0.261 e. The fourth-order valence-electron chi connectivity index (χ4n) is 1.54. The Bertz CT molecular complexity index is 404. The lowest BCUT2D eigenvalue weighted by molar-refractivity contribution is -0.128. The number of nitrogens with one attached hydrogen (secondary N) is 1. The molecule has 0 unspecified atom stereocenters. The number of carbonyl (C=O) groups is 1. The van der Waals surface area contributed by atoms with E-state index in [4.69, 9.17) is 16.3 Å². The van der Waals surface area contributed by atoms with Gasteiger partial charge >= 0.3 is 0 Å². The molecule has 0 aliphatic heterocycles. The minimum Gasteiger partial charge on any atom is -0.479 e. The number of rotatable bonds is 5. The molecule has 1 N–H and O–H groups in total. The van der Waals surface area contributed by atoms with Crippen molar-refractivity contribution in [1.82, 2.24) is 5.32 Å². The van der Waals surface area contributed by atoms with E-state index in [0.717, 1.165) is 12.8 Å². The largest absolute Gasteiger partial charge is 0.479 e. The van der Waals surface area contributed by atoms with Gasteiger partial charge < -0.3 is 10.1 Å². The molecule has 1 aliphatic carbocycles. The summed E-state index contributed by atoms with van der Waals surface area (Å²) in [4.78, 5) is 11.9. The predicted octanol–water partition coefficient (Wildman–Crippen LogP) is 2.78. The molecular weight excluding hydrogens is 238 g/mol. The Kier molecular flexibility index (Phi) is 3.89. The zero-order valence-electron chi connectivity index (χ0n) is 9.78. The van der Waals surface area contributed by atoms with E-state index < -0.39 is 6.10 Å². The third-order valence-electron chi connectivity index (χ3n) is 2.69. The van der Waals surface area contributed by atoms with Gasteiger partial charge in [-0.3, -0.25) is 4.79 Å². The van der Waals surface area contributed by atoms with Crippen molar-refractivity contribution in [2.24, 2.45) is 0 Å². The molecule has 0 bridgehead atoms. The van der Waals surface area contributed by atoms with Crippen LogP contribution in [0.5, 0.6) is 5.75 Å². The Morgan fingerprint density at radius 1 is 1.53 bits per heavy atom. The Labute approximate surface area is 106 Å². The van der Waals surface area contributed by atoms with Crippen LogP contribution >= 0.6 is 11.6 Å². The van der Waals surface area contributed by atoms with Gasteiger partial charge in [-0.1, -0.05) is 30.7 Å². The summed E-state index contributed by atoms with van der Waals surface area (Å²) in [6.07, 6.45) is 2.32. The molecule has 0 saturated heterocycles. The molecular formula is C13H16ClNO2. The zero-order chi connectivity index (χ0) is 12.3. The Hall–Kier alpha value is -1.22. The maximum atomic E-state index is 11.9. The lowest BCUT2D eigenvalue weighted by Crippen LogP contribution is -2.39. The highest BCUT2D eigenvalue weighted by Gasteiger charge is 2.27. The molecule has 17 heavy (non-hydrogen) atoms. The van der Waals surface area contributed by atoms with Crippen molar-refractivity contribution in [2.75, 3.05) is 0 Å². The van der Waals surface area contributed by atoms with Crippen molar-refractivity contribution in [3.05, 3.63) is 29.3 Å². The zero-order valence-corrected chi connectivity index (χ0v) is 10.5. The molecule has 1 aromatic rings. The van der Waals surface area contributed by atoms with Crippen LogP contribution in [0.4, 0.5) is 0 Å². The molecule has 1 aliphatic rings. The molecule has 1 atom stereocenters. The maximum absolute atomic E-state index is 11.9. The average molecular weight is 254 g/mol. The van der Waals surface area contributed by atoms with Gasteiger partial charge in [-0.15, -0.1) is 0 Å². The van der Waals surface area contributed by atoms with Crippen molar-refractivity contribution in [3.63, 3.8) is 0 Å². The van der Waals surface area contributed by atoms with Gasteiger partial charge in [0.15, 0.2) is 6.10 Å². The van der Waals surface area contributed by atoms with E-state index in [0.29, 0.717) is 23.2 Å². The Morgan fingerprint density at radius 2 is 2.24 bits per heavy atom. The highest BCUT2D eigenvalue weighted by Crippen LogP contribution is 2.25. The van der Waals surface area contributed by atoms with Gasteiger partial charge in [0, 0.05) is 6.04 Å². The number of ether oxygens (including phenoxy) is 1. The second-order valence-electron chi connectivity index (χ2n) is 4.23. The van der Waals surface area contributed by atoms with Crippen molar-refractivity contribution in [2.45, 2.75) is 38.3 Å². The second-order valence-corrected chi connectivity index (χ2v) is 4.64. The van der Waals surface area contributed by atoms with Crippen LogP contribution in [0.3, 0.4) is 0 Å². The second kappa shape index (κ2) is 5.41. The van der Waals surface area contributed by atoms with E-state index in [1.165, 1.54) is 0 Å². The fraction of sp³-hybridized carbons (Fsp3) is 0.462.